The number of nitrogens with one attached hydrogen (secondary N) is 1. The molecule has 0 unspecified atom stereocenters. The van der Waals surface area contributed by atoms with E-state index in [1.54, 1.807) is 0 Å². The Balaban J connectivity index is 2.03. The largest absolute Gasteiger partial charge is 0.494 e. The smallest absolute Gasteiger partial charge is 0.120 e. The third-order valence-electron chi connectivity index (χ3n) is 4.27. The first-order valence-electron chi connectivity index (χ1n) is 9.09. The van der Waals surface area contributed by atoms with Crippen LogP contribution in [0.15, 0.2) is 24.4 Å². The Kier molecular flexibility index (Phi) is 6.97. The fourth-order valence-electron chi connectivity index (χ4n) is 2.96. The minimum Gasteiger partial charge on any atom is -0.494 e. The fourth-order valence-corrected chi connectivity index (χ4v) is 2.96. The van der Waals surface area contributed by atoms with Gasteiger partial charge in [0.25, 0.3) is 0 Å². The van der Waals surface area contributed by atoms with Crippen LogP contribution in [0, 0.1) is 5.92 Å². The van der Waals surface area contributed by atoms with Crippen molar-refractivity contribution in [3.05, 3.63) is 30.0 Å². The standard InChI is InChI=1S/C20H32N2O/c1-5-7-12-23-18-8-9-20-19(13-18)17(14-21-20)10-11-22(6-2)15-16(3)4/h8-9,13-14,16,21H,5-7,10-12,15H2,1-4H3. The molecule has 3 nitrogen and oxygen atoms in total. The van der Waals surface area contributed by atoms with E-state index in [1.807, 2.05) is 0 Å². The van der Waals surface area contributed by atoms with Crippen molar-refractivity contribution < 1.29 is 4.74 Å². The van der Waals surface area contributed by atoms with Crippen molar-refractivity contribution in [3.8, 4) is 5.75 Å². The first-order chi connectivity index (χ1) is 11.1. The average molecular weight is 316 g/mol. The number of fused-ring (bicyclic) bond motifs is 1. The number of aromatic nitrogens is 1. The third kappa shape index (κ3) is 5.28. The quantitative estimate of drug-likeness (QED) is 0.634. The Labute approximate surface area is 141 Å². The zero-order valence-electron chi connectivity index (χ0n) is 15.2. The Bertz CT molecular complexity index is 588. The Hall–Kier alpha value is -1.48. The minimum absolute atomic E-state index is 0.719. The predicted molar refractivity (Wildman–Crippen MR) is 99.4 cm³/mol. The zero-order valence-corrected chi connectivity index (χ0v) is 15.2. The van der Waals surface area contributed by atoms with Gasteiger partial charge >= 0.3 is 0 Å². The topological polar surface area (TPSA) is 28.3 Å². The molecule has 0 bridgehead atoms. The molecule has 128 valence electrons. The summed E-state index contributed by atoms with van der Waals surface area (Å²) in [6, 6.07) is 6.39. The third-order valence-corrected chi connectivity index (χ3v) is 4.27. The van der Waals surface area contributed by atoms with E-state index < -0.39 is 0 Å². The van der Waals surface area contributed by atoms with Crippen molar-refractivity contribution in [1.29, 1.82) is 0 Å². The number of ether oxygens (including phenoxy) is 1. The lowest BCUT2D eigenvalue weighted by molar-refractivity contribution is 0.259. The molecular formula is C20H32N2O. The number of nitrogens with zero attached hydrogens (tertiary/aromatic N) is 1. The monoisotopic (exact) mass is 316 g/mol. The van der Waals surface area contributed by atoms with Crippen molar-refractivity contribution in [3.63, 3.8) is 0 Å². The number of likely N-dealkylation sites (N-methyl/N-ethyl adjacent to an activating group) is 1. The molecule has 0 saturated heterocycles. The molecule has 1 N–H and O–H groups in total. The molecule has 2 aromatic rings. The fraction of sp³-hybridized carbons (Fsp3) is 0.600. The SMILES string of the molecule is CCCCOc1ccc2[nH]cc(CCN(CC)CC(C)C)c2c1. The van der Waals surface area contributed by atoms with Crippen LogP contribution in [0.5, 0.6) is 5.75 Å². The van der Waals surface area contributed by atoms with Crippen LogP contribution >= 0.6 is 0 Å². The second-order valence-electron chi connectivity index (χ2n) is 6.76. The Morgan fingerprint density at radius 3 is 2.74 bits per heavy atom. The van der Waals surface area contributed by atoms with E-state index in [9.17, 15) is 0 Å². The van der Waals surface area contributed by atoms with Crippen LogP contribution in [-0.2, 0) is 6.42 Å². The highest BCUT2D eigenvalue weighted by Gasteiger charge is 2.09. The number of hydrogen-bond acceptors (Lipinski definition) is 2. The summed E-state index contributed by atoms with van der Waals surface area (Å²) in [6.07, 6.45) is 5.52. The van der Waals surface area contributed by atoms with Crippen LogP contribution in [-0.4, -0.2) is 36.1 Å². The molecular weight excluding hydrogens is 284 g/mol. The van der Waals surface area contributed by atoms with E-state index >= 15 is 0 Å². The van der Waals surface area contributed by atoms with Crippen LogP contribution in [0.4, 0.5) is 0 Å². The van der Waals surface area contributed by atoms with Crippen LogP contribution in [0.2, 0.25) is 0 Å². The van der Waals surface area contributed by atoms with E-state index in [-0.39, 0.29) is 0 Å². The van der Waals surface area contributed by atoms with Gasteiger partial charge in [-0.25, -0.2) is 0 Å². The minimum atomic E-state index is 0.719. The lowest BCUT2D eigenvalue weighted by Gasteiger charge is -2.22. The van der Waals surface area contributed by atoms with Gasteiger partial charge in [0.15, 0.2) is 0 Å². The van der Waals surface area contributed by atoms with Gasteiger partial charge in [0.1, 0.15) is 5.75 Å². The van der Waals surface area contributed by atoms with Crippen LogP contribution in [0.1, 0.15) is 46.1 Å². The van der Waals surface area contributed by atoms with Crippen molar-refractivity contribution in [2.75, 3.05) is 26.2 Å². The second-order valence-corrected chi connectivity index (χ2v) is 6.76. The Morgan fingerprint density at radius 1 is 1.22 bits per heavy atom. The maximum absolute atomic E-state index is 5.85. The molecule has 0 atom stereocenters. The van der Waals surface area contributed by atoms with Crippen molar-refractivity contribution >= 4 is 10.9 Å². The highest BCUT2D eigenvalue weighted by molar-refractivity contribution is 5.84. The molecule has 0 spiro atoms. The van der Waals surface area contributed by atoms with Crippen LogP contribution < -0.4 is 4.74 Å². The Morgan fingerprint density at radius 2 is 2.04 bits per heavy atom. The highest BCUT2D eigenvalue weighted by atomic mass is 16.5. The van der Waals surface area contributed by atoms with Gasteiger partial charge in [0, 0.05) is 30.2 Å². The molecule has 0 aliphatic heterocycles. The lowest BCUT2D eigenvalue weighted by Crippen LogP contribution is -2.29. The number of hydrogen-bond donors (Lipinski definition) is 1. The number of benzene rings is 1. The number of H-pyrrole nitrogens is 1. The van der Waals surface area contributed by atoms with E-state index in [1.165, 1.54) is 29.4 Å². The number of unbranched alkanes of at least 4 members (excludes halogenated alkanes) is 1. The van der Waals surface area contributed by atoms with Crippen molar-refractivity contribution in [2.24, 2.45) is 5.92 Å². The summed E-state index contributed by atoms with van der Waals surface area (Å²) in [7, 11) is 0. The van der Waals surface area contributed by atoms with Gasteiger partial charge in [0.05, 0.1) is 6.61 Å². The summed E-state index contributed by atoms with van der Waals surface area (Å²) in [5.74, 6) is 1.71. The molecule has 0 saturated carbocycles. The first-order valence-corrected chi connectivity index (χ1v) is 9.09. The molecule has 0 amide bonds. The zero-order chi connectivity index (χ0) is 16.7. The molecule has 0 aliphatic carbocycles. The van der Waals surface area contributed by atoms with Crippen LogP contribution in [0.3, 0.4) is 0 Å². The maximum atomic E-state index is 5.85. The van der Waals surface area contributed by atoms with Gasteiger partial charge in [0.2, 0.25) is 0 Å². The molecule has 1 aromatic heterocycles. The predicted octanol–water partition coefficient (Wildman–Crippen LogP) is 4.87. The lowest BCUT2D eigenvalue weighted by atomic mass is 10.1. The summed E-state index contributed by atoms with van der Waals surface area (Å²) < 4.78 is 5.85. The summed E-state index contributed by atoms with van der Waals surface area (Å²) in [4.78, 5) is 5.92. The van der Waals surface area contributed by atoms with Crippen LogP contribution in [0.25, 0.3) is 10.9 Å². The second kappa shape index (κ2) is 8.97. The maximum Gasteiger partial charge on any atom is 0.120 e. The molecule has 23 heavy (non-hydrogen) atoms. The summed E-state index contributed by atoms with van der Waals surface area (Å²) in [5.41, 5.74) is 2.60. The van der Waals surface area contributed by atoms with Gasteiger partial charge < -0.3 is 14.6 Å². The molecule has 0 aliphatic rings. The normalized spacial score (nSPS) is 11.7. The van der Waals surface area contributed by atoms with Gasteiger partial charge in [-0.15, -0.1) is 0 Å². The summed E-state index contributed by atoms with van der Waals surface area (Å²) in [5, 5.41) is 1.31. The molecule has 1 heterocycles. The van der Waals surface area contributed by atoms with E-state index in [0.29, 0.717) is 0 Å². The molecule has 3 heteroatoms. The van der Waals surface area contributed by atoms with Gasteiger partial charge in [-0.1, -0.05) is 34.1 Å². The number of rotatable bonds is 10. The molecule has 2 rings (SSSR count). The van der Waals surface area contributed by atoms with E-state index in [0.717, 1.165) is 44.2 Å². The van der Waals surface area contributed by atoms with Crippen molar-refractivity contribution in [2.45, 2.75) is 47.0 Å². The van der Waals surface area contributed by atoms with E-state index in [2.05, 4.69) is 62.0 Å². The summed E-state index contributed by atoms with van der Waals surface area (Å²) >= 11 is 0. The number of aromatic amines is 1. The molecule has 0 radical (unpaired) electrons. The van der Waals surface area contributed by atoms with Gasteiger partial charge in [-0.05, 0) is 49.1 Å². The molecule has 1 aromatic carbocycles. The summed E-state index contributed by atoms with van der Waals surface area (Å²) in [6.45, 7) is 13.2. The first kappa shape index (κ1) is 17.9. The van der Waals surface area contributed by atoms with Gasteiger partial charge in [-0.3, -0.25) is 0 Å². The average Bonchev–Trinajstić information content (AvgIpc) is 2.94. The van der Waals surface area contributed by atoms with E-state index in [4.69, 9.17) is 4.74 Å². The van der Waals surface area contributed by atoms with Crippen molar-refractivity contribution in [1.82, 2.24) is 9.88 Å². The highest BCUT2D eigenvalue weighted by Crippen LogP contribution is 2.24. The van der Waals surface area contributed by atoms with Gasteiger partial charge in [-0.2, -0.15) is 0 Å². The molecule has 0 fully saturated rings.